The van der Waals surface area contributed by atoms with Crippen LogP contribution in [0.2, 0.25) is 0 Å². The summed E-state index contributed by atoms with van der Waals surface area (Å²) < 4.78 is 47.4. The fourth-order valence-electron chi connectivity index (χ4n) is 2.86. The molecule has 1 aromatic rings. The SMILES string of the molecule is CCCCCC1(NS(=O)(=O)c2ccc(F)c(OCC3CC3)c2)CC1. The summed E-state index contributed by atoms with van der Waals surface area (Å²) in [4.78, 5) is 0.0801. The molecule has 134 valence electrons. The second-order valence-corrected chi connectivity index (χ2v) is 8.87. The number of sulfonamides is 1. The molecular formula is C18H26FNO3S. The monoisotopic (exact) mass is 355 g/mol. The number of hydrogen-bond acceptors (Lipinski definition) is 3. The molecule has 0 bridgehead atoms. The van der Waals surface area contributed by atoms with Crippen LogP contribution in [0.4, 0.5) is 4.39 Å². The van der Waals surface area contributed by atoms with Crippen LogP contribution in [0.1, 0.15) is 58.3 Å². The lowest BCUT2D eigenvalue weighted by Gasteiger charge is -2.18. The van der Waals surface area contributed by atoms with Gasteiger partial charge in [0.2, 0.25) is 10.0 Å². The summed E-state index contributed by atoms with van der Waals surface area (Å²) in [6.45, 7) is 2.58. The predicted octanol–water partition coefficient (Wildman–Crippen LogP) is 4.01. The van der Waals surface area contributed by atoms with E-state index < -0.39 is 15.8 Å². The molecule has 3 rings (SSSR count). The summed E-state index contributed by atoms with van der Waals surface area (Å²) in [7, 11) is -3.65. The minimum absolute atomic E-state index is 0.0283. The van der Waals surface area contributed by atoms with Gasteiger partial charge in [0, 0.05) is 11.6 Å². The van der Waals surface area contributed by atoms with Crippen LogP contribution in [0.3, 0.4) is 0 Å². The summed E-state index contributed by atoms with van der Waals surface area (Å²) >= 11 is 0. The maximum atomic E-state index is 13.8. The Morgan fingerprint density at radius 1 is 1.29 bits per heavy atom. The Balaban J connectivity index is 1.68. The number of unbranched alkanes of at least 4 members (excludes halogenated alkanes) is 2. The fraction of sp³-hybridized carbons (Fsp3) is 0.667. The van der Waals surface area contributed by atoms with E-state index in [1.807, 2.05) is 0 Å². The van der Waals surface area contributed by atoms with E-state index in [-0.39, 0.29) is 16.2 Å². The van der Waals surface area contributed by atoms with Crippen molar-refractivity contribution in [2.24, 2.45) is 5.92 Å². The summed E-state index contributed by atoms with van der Waals surface area (Å²) in [5.74, 6) is -0.00428. The third-order valence-corrected chi connectivity index (χ3v) is 6.42. The minimum Gasteiger partial charge on any atom is -0.490 e. The first-order valence-electron chi connectivity index (χ1n) is 8.90. The third-order valence-electron chi connectivity index (χ3n) is 4.85. The molecule has 4 nitrogen and oxygen atoms in total. The van der Waals surface area contributed by atoms with Crippen LogP contribution in [-0.4, -0.2) is 20.6 Å². The zero-order valence-electron chi connectivity index (χ0n) is 14.2. The van der Waals surface area contributed by atoms with E-state index in [0.29, 0.717) is 12.5 Å². The van der Waals surface area contributed by atoms with Crippen molar-refractivity contribution in [1.82, 2.24) is 4.72 Å². The van der Waals surface area contributed by atoms with Gasteiger partial charge in [0.15, 0.2) is 11.6 Å². The quantitative estimate of drug-likeness (QED) is 0.645. The van der Waals surface area contributed by atoms with E-state index in [0.717, 1.165) is 51.4 Å². The molecule has 0 atom stereocenters. The van der Waals surface area contributed by atoms with Crippen molar-refractivity contribution < 1.29 is 17.5 Å². The topological polar surface area (TPSA) is 55.4 Å². The van der Waals surface area contributed by atoms with Crippen LogP contribution in [0, 0.1) is 11.7 Å². The first-order chi connectivity index (χ1) is 11.4. The van der Waals surface area contributed by atoms with Gasteiger partial charge in [0.1, 0.15) is 0 Å². The molecule has 2 fully saturated rings. The number of hydrogen-bond donors (Lipinski definition) is 1. The molecule has 1 aromatic carbocycles. The Morgan fingerprint density at radius 3 is 2.67 bits per heavy atom. The molecule has 0 spiro atoms. The molecule has 2 aliphatic rings. The smallest absolute Gasteiger partial charge is 0.241 e. The van der Waals surface area contributed by atoms with Gasteiger partial charge < -0.3 is 4.74 Å². The van der Waals surface area contributed by atoms with Crippen molar-refractivity contribution in [2.45, 2.75) is 68.7 Å². The van der Waals surface area contributed by atoms with Gasteiger partial charge in [0.25, 0.3) is 0 Å². The standard InChI is InChI=1S/C18H26FNO3S/c1-2-3-4-9-18(10-11-18)20-24(21,22)15-7-8-16(19)17(12-15)23-13-14-5-6-14/h7-8,12,14,20H,2-6,9-11,13H2,1H3. The van der Waals surface area contributed by atoms with Gasteiger partial charge >= 0.3 is 0 Å². The molecule has 0 heterocycles. The second kappa shape index (κ2) is 7.00. The van der Waals surface area contributed by atoms with Crippen molar-refractivity contribution >= 4 is 10.0 Å². The van der Waals surface area contributed by atoms with Crippen molar-refractivity contribution in [2.75, 3.05) is 6.61 Å². The van der Waals surface area contributed by atoms with Gasteiger partial charge in [-0.2, -0.15) is 0 Å². The number of halogens is 1. The maximum Gasteiger partial charge on any atom is 0.241 e. The summed E-state index contributed by atoms with van der Waals surface area (Å²) in [6, 6.07) is 3.79. The van der Waals surface area contributed by atoms with Crippen LogP contribution in [0.5, 0.6) is 5.75 Å². The highest BCUT2D eigenvalue weighted by Crippen LogP contribution is 2.41. The first-order valence-corrected chi connectivity index (χ1v) is 10.4. The zero-order valence-corrected chi connectivity index (χ0v) is 15.0. The van der Waals surface area contributed by atoms with E-state index in [1.54, 1.807) is 0 Å². The van der Waals surface area contributed by atoms with Crippen molar-refractivity contribution in [1.29, 1.82) is 0 Å². The Kier molecular flexibility index (Phi) is 5.16. The minimum atomic E-state index is -3.65. The predicted molar refractivity (Wildman–Crippen MR) is 91.0 cm³/mol. The molecule has 0 aliphatic heterocycles. The molecule has 2 aliphatic carbocycles. The molecule has 0 radical (unpaired) electrons. The molecule has 0 saturated heterocycles. The van der Waals surface area contributed by atoms with Crippen LogP contribution >= 0.6 is 0 Å². The lowest BCUT2D eigenvalue weighted by atomic mass is 10.1. The molecule has 0 aromatic heterocycles. The van der Waals surface area contributed by atoms with Crippen molar-refractivity contribution in [3.05, 3.63) is 24.0 Å². The Labute approximate surface area is 143 Å². The summed E-state index contributed by atoms with van der Waals surface area (Å²) in [5, 5.41) is 0. The van der Waals surface area contributed by atoms with Crippen molar-refractivity contribution in [3.63, 3.8) is 0 Å². The first kappa shape index (κ1) is 17.7. The molecule has 6 heteroatoms. The molecule has 0 amide bonds. The zero-order chi connectivity index (χ0) is 17.2. The van der Waals surface area contributed by atoms with E-state index in [4.69, 9.17) is 4.74 Å². The number of rotatable bonds is 10. The molecule has 24 heavy (non-hydrogen) atoms. The normalized spacial score (nSPS) is 19.2. The van der Waals surface area contributed by atoms with Crippen LogP contribution in [0.15, 0.2) is 23.1 Å². The molecular weight excluding hydrogens is 329 g/mol. The summed E-state index contributed by atoms with van der Waals surface area (Å²) in [5.41, 5.74) is -0.294. The average molecular weight is 355 g/mol. The van der Waals surface area contributed by atoms with Gasteiger partial charge in [0.05, 0.1) is 11.5 Å². The van der Waals surface area contributed by atoms with Crippen LogP contribution in [0.25, 0.3) is 0 Å². The number of benzene rings is 1. The van der Waals surface area contributed by atoms with E-state index in [2.05, 4.69) is 11.6 Å². The van der Waals surface area contributed by atoms with E-state index in [9.17, 15) is 12.8 Å². The van der Waals surface area contributed by atoms with Gasteiger partial charge in [-0.1, -0.05) is 26.2 Å². The van der Waals surface area contributed by atoms with Gasteiger partial charge in [-0.3, -0.25) is 0 Å². The lowest BCUT2D eigenvalue weighted by molar-refractivity contribution is 0.284. The molecule has 0 unspecified atom stereocenters. The van der Waals surface area contributed by atoms with E-state index >= 15 is 0 Å². The van der Waals surface area contributed by atoms with Gasteiger partial charge in [-0.05, 0) is 50.2 Å². The number of nitrogens with one attached hydrogen (secondary N) is 1. The van der Waals surface area contributed by atoms with E-state index in [1.165, 1.54) is 18.2 Å². The Bertz CT molecular complexity index is 682. The third kappa shape index (κ3) is 4.48. The fourth-order valence-corrected chi connectivity index (χ4v) is 4.37. The van der Waals surface area contributed by atoms with Crippen LogP contribution < -0.4 is 9.46 Å². The lowest BCUT2D eigenvalue weighted by Crippen LogP contribution is -2.36. The van der Waals surface area contributed by atoms with Gasteiger partial charge in [-0.15, -0.1) is 0 Å². The highest BCUT2D eigenvalue weighted by atomic mass is 32.2. The Morgan fingerprint density at radius 2 is 2.04 bits per heavy atom. The summed E-state index contributed by atoms with van der Waals surface area (Å²) in [6.07, 6.45) is 8.07. The maximum absolute atomic E-state index is 13.8. The molecule has 1 N–H and O–H groups in total. The highest BCUT2D eigenvalue weighted by Gasteiger charge is 2.45. The molecule has 2 saturated carbocycles. The Hall–Kier alpha value is -1.14. The van der Waals surface area contributed by atoms with Gasteiger partial charge in [-0.25, -0.2) is 17.5 Å². The van der Waals surface area contributed by atoms with Crippen LogP contribution in [-0.2, 0) is 10.0 Å². The largest absolute Gasteiger partial charge is 0.490 e. The highest BCUT2D eigenvalue weighted by molar-refractivity contribution is 7.89. The van der Waals surface area contributed by atoms with Crippen molar-refractivity contribution in [3.8, 4) is 5.75 Å². The average Bonchev–Trinajstić information content (AvgIpc) is 3.44. The second-order valence-electron chi connectivity index (χ2n) is 7.19. The number of ether oxygens (including phenoxy) is 1.